The molecule has 0 aliphatic heterocycles. The fraction of sp³-hybridized carbons (Fsp3) is 0. The Bertz CT molecular complexity index is 395. The van der Waals surface area contributed by atoms with E-state index in [0.29, 0.717) is 6.41 Å². The van der Waals surface area contributed by atoms with Crippen LogP contribution in [-0.4, -0.2) is 28.5 Å². The molecule has 0 saturated heterocycles. The third kappa shape index (κ3) is 2.52. The van der Waals surface area contributed by atoms with Crippen LogP contribution in [-0.2, 0) is 4.79 Å². The van der Waals surface area contributed by atoms with Gasteiger partial charge in [-0.05, 0) is 11.5 Å². The number of rotatable bonds is 4. The molecular formula is C7H7BN2O5. The highest BCUT2D eigenvalue weighted by atomic mass is 16.6. The van der Waals surface area contributed by atoms with Gasteiger partial charge in [0.1, 0.15) is 5.69 Å². The van der Waals surface area contributed by atoms with Gasteiger partial charge in [0.2, 0.25) is 6.41 Å². The monoisotopic (exact) mass is 210 g/mol. The number of carbonyl (C=O) groups is 1. The van der Waals surface area contributed by atoms with E-state index in [1.165, 1.54) is 12.1 Å². The highest BCUT2D eigenvalue weighted by Gasteiger charge is 2.19. The minimum Gasteiger partial charge on any atom is -0.423 e. The Balaban J connectivity index is 3.20. The Kier molecular flexibility index (Phi) is 3.37. The fourth-order valence-corrected chi connectivity index (χ4v) is 1.05. The van der Waals surface area contributed by atoms with E-state index in [2.05, 4.69) is 5.32 Å². The number of benzene rings is 1. The van der Waals surface area contributed by atoms with Crippen molar-refractivity contribution in [3.05, 3.63) is 28.3 Å². The third-order valence-electron chi connectivity index (χ3n) is 1.73. The minimum atomic E-state index is -1.78. The second-order valence-electron chi connectivity index (χ2n) is 2.67. The molecule has 1 aromatic rings. The second kappa shape index (κ2) is 4.53. The van der Waals surface area contributed by atoms with Crippen LogP contribution in [0, 0.1) is 10.1 Å². The summed E-state index contributed by atoms with van der Waals surface area (Å²) in [5.41, 5.74) is -0.412. The molecule has 3 N–H and O–H groups in total. The van der Waals surface area contributed by atoms with E-state index >= 15 is 0 Å². The average Bonchev–Trinajstić information content (AvgIpc) is 2.18. The number of nitrogens with one attached hydrogen (secondary N) is 1. The molecule has 0 aromatic heterocycles. The highest BCUT2D eigenvalue weighted by molar-refractivity contribution is 6.58. The van der Waals surface area contributed by atoms with Crippen molar-refractivity contribution in [2.24, 2.45) is 0 Å². The Morgan fingerprint density at radius 1 is 1.47 bits per heavy atom. The molecule has 0 bridgehead atoms. The maximum atomic E-state index is 10.6. The zero-order valence-electron chi connectivity index (χ0n) is 7.45. The highest BCUT2D eigenvalue weighted by Crippen LogP contribution is 2.21. The summed E-state index contributed by atoms with van der Waals surface area (Å²) < 4.78 is 0. The molecule has 0 unspecified atom stereocenters. The van der Waals surface area contributed by atoms with Gasteiger partial charge in [-0.1, -0.05) is 6.07 Å². The standard InChI is InChI=1S/C7H7BN2O5/c11-4-9-6-2-1-5(8(12)13)3-7(6)10(14)15/h1-4,12-13H,(H,9,11). The van der Waals surface area contributed by atoms with Crippen molar-refractivity contribution in [2.45, 2.75) is 0 Å². The normalized spacial score (nSPS) is 9.47. The third-order valence-corrected chi connectivity index (χ3v) is 1.73. The lowest BCUT2D eigenvalue weighted by Gasteiger charge is -2.03. The number of amides is 1. The van der Waals surface area contributed by atoms with Crippen molar-refractivity contribution in [1.82, 2.24) is 0 Å². The summed E-state index contributed by atoms with van der Waals surface area (Å²) in [4.78, 5) is 20.0. The molecule has 15 heavy (non-hydrogen) atoms. The number of hydrogen-bond donors (Lipinski definition) is 3. The van der Waals surface area contributed by atoms with Gasteiger partial charge in [-0.25, -0.2) is 0 Å². The number of nitro groups is 1. The van der Waals surface area contributed by atoms with E-state index in [1.54, 1.807) is 0 Å². The SMILES string of the molecule is O=CNc1ccc(B(O)O)cc1[N+](=O)[O-]. The molecule has 0 aliphatic carbocycles. The molecule has 78 valence electrons. The van der Waals surface area contributed by atoms with E-state index in [9.17, 15) is 14.9 Å². The Morgan fingerprint density at radius 2 is 2.13 bits per heavy atom. The summed E-state index contributed by atoms with van der Waals surface area (Å²) in [6, 6.07) is 3.47. The lowest BCUT2D eigenvalue weighted by atomic mass is 9.80. The van der Waals surface area contributed by atoms with Crippen LogP contribution < -0.4 is 10.8 Å². The maximum absolute atomic E-state index is 10.6. The van der Waals surface area contributed by atoms with Gasteiger partial charge < -0.3 is 15.4 Å². The molecule has 0 radical (unpaired) electrons. The van der Waals surface area contributed by atoms with Crippen LogP contribution in [0.3, 0.4) is 0 Å². The van der Waals surface area contributed by atoms with Gasteiger partial charge >= 0.3 is 7.12 Å². The van der Waals surface area contributed by atoms with E-state index in [1.807, 2.05) is 0 Å². The quantitative estimate of drug-likeness (QED) is 0.251. The predicted molar refractivity (Wildman–Crippen MR) is 52.6 cm³/mol. The smallest absolute Gasteiger partial charge is 0.423 e. The van der Waals surface area contributed by atoms with Crippen molar-refractivity contribution >= 4 is 30.4 Å². The lowest BCUT2D eigenvalue weighted by molar-refractivity contribution is -0.383. The van der Waals surface area contributed by atoms with Gasteiger partial charge in [0.25, 0.3) is 5.69 Å². The van der Waals surface area contributed by atoms with Crippen molar-refractivity contribution < 1.29 is 19.8 Å². The van der Waals surface area contributed by atoms with Gasteiger partial charge in [-0.3, -0.25) is 14.9 Å². The van der Waals surface area contributed by atoms with E-state index < -0.39 is 17.7 Å². The fourth-order valence-electron chi connectivity index (χ4n) is 1.05. The van der Waals surface area contributed by atoms with E-state index in [-0.39, 0.29) is 11.2 Å². The van der Waals surface area contributed by atoms with Gasteiger partial charge in [0.15, 0.2) is 0 Å². The van der Waals surface area contributed by atoms with Crippen LogP contribution >= 0.6 is 0 Å². The molecular weight excluding hydrogens is 203 g/mol. The first-order valence-corrected chi connectivity index (χ1v) is 3.91. The van der Waals surface area contributed by atoms with E-state index in [0.717, 1.165) is 6.07 Å². The molecule has 0 spiro atoms. The summed E-state index contributed by atoms with van der Waals surface area (Å²) in [6.45, 7) is 0. The molecule has 8 heteroatoms. The van der Waals surface area contributed by atoms with Crippen LogP contribution in [0.15, 0.2) is 18.2 Å². The second-order valence-corrected chi connectivity index (χ2v) is 2.67. The molecule has 7 nitrogen and oxygen atoms in total. The van der Waals surface area contributed by atoms with Gasteiger partial charge in [-0.15, -0.1) is 0 Å². The summed E-state index contributed by atoms with van der Waals surface area (Å²) in [5.74, 6) is 0. The van der Waals surface area contributed by atoms with Gasteiger partial charge in [0.05, 0.1) is 4.92 Å². The summed E-state index contributed by atoms with van der Waals surface area (Å²) >= 11 is 0. The number of hydrogen-bond acceptors (Lipinski definition) is 5. The topological polar surface area (TPSA) is 113 Å². The minimum absolute atomic E-state index is 0.000556. The van der Waals surface area contributed by atoms with E-state index in [4.69, 9.17) is 10.0 Å². The molecule has 0 aliphatic rings. The van der Waals surface area contributed by atoms with Crippen LogP contribution in [0.25, 0.3) is 0 Å². The zero-order chi connectivity index (χ0) is 11.4. The van der Waals surface area contributed by atoms with Gasteiger partial charge in [-0.2, -0.15) is 0 Å². The molecule has 1 aromatic carbocycles. The van der Waals surface area contributed by atoms with Crippen molar-refractivity contribution in [2.75, 3.05) is 5.32 Å². The molecule has 0 fully saturated rings. The summed E-state index contributed by atoms with van der Waals surface area (Å²) in [5, 5.41) is 30.3. The van der Waals surface area contributed by atoms with Crippen molar-refractivity contribution in [1.29, 1.82) is 0 Å². The lowest BCUT2D eigenvalue weighted by Crippen LogP contribution is -2.29. The van der Waals surface area contributed by atoms with Crippen LogP contribution in [0.2, 0.25) is 0 Å². The van der Waals surface area contributed by atoms with Crippen molar-refractivity contribution in [3.63, 3.8) is 0 Å². The largest absolute Gasteiger partial charge is 0.488 e. The number of nitro benzene ring substituents is 1. The molecule has 0 saturated carbocycles. The summed E-state index contributed by atoms with van der Waals surface area (Å²) in [7, 11) is -1.78. The Hall–Kier alpha value is -1.93. The van der Waals surface area contributed by atoms with Crippen LogP contribution in [0.4, 0.5) is 11.4 Å². The first-order valence-electron chi connectivity index (χ1n) is 3.91. The zero-order valence-corrected chi connectivity index (χ0v) is 7.45. The number of carbonyl (C=O) groups excluding carboxylic acids is 1. The molecule has 1 rings (SSSR count). The van der Waals surface area contributed by atoms with Crippen LogP contribution in [0.5, 0.6) is 0 Å². The first-order chi connectivity index (χ1) is 7.06. The van der Waals surface area contributed by atoms with Crippen LogP contribution in [0.1, 0.15) is 0 Å². The number of nitrogens with zero attached hydrogens (tertiary/aromatic N) is 1. The molecule has 1 amide bonds. The molecule has 0 heterocycles. The summed E-state index contributed by atoms with van der Waals surface area (Å²) in [6.07, 6.45) is 0.303. The van der Waals surface area contributed by atoms with Gasteiger partial charge in [0, 0.05) is 6.07 Å². The maximum Gasteiger partial charge on any atom is 0.488 e. The molecule has 0 atom stereocenters. The Morgan fingerprint density at radius 3 is 2.60 bits per heavy atom. The van der Waals surface area contributed by atoms with Crippen molar-refractivity contribution in [3.8, 4) is 0 Å². The predicted octanol–water partition coefficient (Wildman–Crippen LogP) is -1.16. The average molecular weight is 210 g/mol. The number of anilines is 1. The first kappa shape index (κ1) is 11.2. The Labute approximate surface area is 84.6 Å².